The number of nitrogens with zero attached hydrogens (tertiary/aromatic N) is 1. The fraction of sp³-hybridized carbons (Fsp3) is 0.538. The molecule has 0 saturated carbocycles. The van der Waals surface area contributed by atoms with Gasteiger partial charge in [-0.2, -0.15) is 11.8 Å². The van der Waals surface area contributed by atoms with Gasteiger partial charge in [0, 0.05) is 44.2 Å². The van der Waals surface area contributed by atoms with Crippen LogP contribution in [0.25, 0.3) is 0 Å². The molecular formula is C13H20FN3O2S2. The van der Waals surface area contributed by atoms with Crippen LogP contribution in [0.2, 0.25) is 0 Å². The fourth-order valence-corrected chi connectivity index (χ4v) is 4.25. The highest BCUT2D eigenvalue weighted by atomic mass is 32.2. The van der Waals surface area contributed by atoms with Crippen LogP contribution in [-0.2, 0) is 16.6 Å². The first-order valence-electron chi connectivity index (χ1n) is 6.81. The molecule has 0 aromatic heterocycles. The molecule has 0 unspecified atom stereocenters. The number of nitrogens with one attached hydrogen (secondary N) is 1. The van der Waals surface area contributed by atoms with Crippen molar-refractivity contribution in [3.63, 3.8) is 0 Å². The van der Waals surface area contributed by atoms with Gasteiger partial charge in [-0.15, -0.1) is 0 Å². The van der Waals surface area contributed by atoms with E-state index in [-0.39, 0.29) is 18.0 Å². The van der Waals surface area contributed by atoms with Gasteiger partial charge >= 0.3 is 0 Å². The van der Waals surface area contributed by atoms with Crippen LogP contribution in [0.5, 0.6) is 0 Å². The molecule has 0 bridgehead atoms. The molecule has 118 valence electrons. The fourth-order valence-electron chi connectivity index (χ4n) is 2.12. The monoisotopic (exact) mass is 333 g/mol. The van der Waals surface area contributed by atoms with E-state index in [4.69, 9.17) is 5.73 Å². The Kier molecular flexibility index (Phi) is 6.00. The van der Waals surface area contributed by atoms with Crippen molar-refractivity contribution in [3.05, 3.63) is 29.6 Å². The molecule has 0 amide bonds. The average molecular weight is 333 g/mol. The third kappa shape index (κ3) is 4.65. The Labute approximate surface area is 129 Å². The van der Waals surface area contributed by atoms with Crippen molar-refractivity contribution in [3.8, 4) is 0 Å². The molecule has 1 heterocycles. The first-order valence-corrected chi connectivity index (χ1v) is 9.45. The highest BCUT2D eigenvalue weighted by molar-refractivity contribution is 7.99. The molecule has 3 N–H and O–H groups in total. The second-order valence-corrected chi connectivity index (χ2v) is 7.78. The Balaban J connectivity index is 1.97. The number of hydrogen-bond donors (Lipinski definition) is 2. The third-order valence-corrected chi connectivity index (χ3v) is 5.76. The summed E-state index contributed by atoms with van der Waals surface area (Å²) in [5, 5.41) is 0. The molecule has 2 rings (SSSR count). The number of nitrogens with two attached hydrogens (primary N) is 1. The Hall–Kier alpha value is -0.670. The minimum atomic E-state index is -3.84. The van der Waals surface area contributed by atoms with E-state index in [0.29, 0.717) is 12.1 Å². The van der Waals surface area contributed by atoms with E-state index in [0.717, 1.165) is 30.7 Å². The van der Waals surface area contributed by atoms with E-state index < -0.39 is 15.8 Å². The predicted molar refractivity (Wildman–Crippen MR) is 83.2 cm³/mol. The first kappa shape index (κ1) is 16.7. The molecule has 1 aliphatic rings. The lowest BCUT2D eigenvalue weighted by atomic mass is 10.2. The lowest BCUT2D eigenvalue weighted by Gasteiger charge is -2.26. The molecular weight excluding hydrogens is 313 g/mol. The zero-order chi connectivity index (χ0) is 15.3. The van der Waals surface area contributed by atoms with E-state index in [1.807, 2.05) is 11.8 Å². The molecule has 1 saturated heterocycles. The molecule has 1 aromatic carbocycles. The number of thioether (sulfide) groups is 1. The van der Waals surface area contributed by atoms with Crippen molar-refractivity contribution in [1.82, 2.24) is 9.62 Å². The first-order chi connectivity index (χ1) is 10.0. The maximum absolute atomic E-state index is 13.7. The minimum Gasteiger partial charge on any atom is -0.326 e. The maximum atomic E-state index is 13.7. The molecule has 0 spiro atoms. The van der Waals surface area contributed by atoms with Gasteiger partial charge in [0.2, 0.25) is 10.0 Å². The van der Waals surface area contributed by atoms with Crippen molar-refractivity contribution < 1.29 is 12.8 Å². The molecule has 8 heteroatoms. The second kappa shape index (κ2) is 7.55. The van der Waals surface area contributed by atoms with Gasteiger partial charge in [-0.25, -0.2) is 17.5 Å². The Morgan fingerprint density at radius 1 is 1.33 bits per heavy atom. The summed E-state index contributed by atoms with van der Waals surface area (Å²) in [6.07, 6.45) is 0. The zero-order valence-electron chi connectivity index (χ0n) is 11.7. The average Bonchev–Trinajstić information content (AvgIpc) is 2.48. The van der Waals surface area contributed by atoms with Gasteiger partial charge in [-0.1, -0.05) is 6.07 Å². The van der Waals surface area contributed by atoms with Crippen LogP contribution in [0.4, 0.5) is 4.39 Å². The Bertz CT molecular complexity index is 575. The highest BCUT2D eigenvalue weighted by Crippen LogP contribution is 2.16. The van der Waals surface area contributed by atoms with Gasteiger partial charge in [-0.05, 0) is 17.7 Å². The number of benzene rings is 1. The number of hydrogen-bond acceptors (Lipinski definition) is 5. The van der Waals surface area contributed by atoms with Crippen molar-refractivity contribution in [2.24, 2.45) is 5.73 Å². The summed E-state index contributed by atoms with van der Waals surface area (Å²) in [4.78, 5) is 1.87. The van der Waals surface area contributed by atoms with Gasteiger partial charge in [0.1, 0.15) is 10.7 Å². The highest BCUT2D eigenvalue weighted by Gasteiger charge is 2.19. The molecule has 1 aromatic rings. The topological polar surface area (TPSA) is 75.4 Å². The van der Waals surface area contributed by atoms with Crippen LogP contribution in [-0.4, -0.2) is 51.0 Å². The van der Waals surface area contributed by atoms with Gasteiger partial charge in [0.15, 0.2) is 0 Å². The summed E-state index contributed by atoms with van der Waals surface area (Å²) >= 11 is 1.90. The number of rotatable bonds is 6. The normalized spacial score (nSPS) is 17.0. The van der Waals surface area contributed by atoms with Gasteiger partial charge in [0.25, 0.3) is 0 Å². The van der Waals surface area contributed by atoms with Gasteiger partial charge in [-0.3, -0.25) is 0 Å². The molecule has 0 atom stereocenters. The van der Waals surface area contributed by atoms with E-state index >= 15 is 0 Å². The summed E-state index contributed by atoms with van der Waals surface area (Å²) in [7, 11) is -3.84. The molecule has 5 nitrogen and oxygen atoms in total. The zero-order valence-corrected chi connectivity index (χ0v) is 13.4. The number of sulfonamides is 1. The quantitative estimate of drug-likeness (QED) is 0.798. The van der Waals surface area contributed by atoms with E-state index in [2.05, 4.69) is 9.62 Å². The lowest BCUT2D eigenvalue weighted by Crippen LogP contribution is -2.39. The van der Waals surface area contributed by atoms with E-state index in [9.17, 15) is 12.8 Å². The summed E-state index contributed by atoms with van der Waals surface area (Å²) < 4.78 is 40.5. The van der Waals surface area contributed by atoms with Crippen LogP contribution in [0.3, 0.4) is 0 Å². The summed E-state index contributed by atoms with van der Waals surface area (Å²) in [6, 6.07) is 3.91. The van der Waals surface area contributed by atoms with Crippen molar-refractivity contribution in [2.45, 2.75) is 11.4 Å². The molecule has 1 fully saturated rings. The summed E-state index contributed by atoms with van der Waals surface area (Å²) in [5.74, 6) is 1.38. The Morgan fingerprint density at radius 3 is 2.71 bits per heavy atom. The van der Waals surface area contributed by atoms with Crippen LogP contribution >= 0.6 is 11.8 Å². The SMILES string of the molecule is NCc1ccc(F)c(S(=O)(=O)NCCN2CCSCC2)c1. The smallest absolute Gasteiger partial charge is 0.243 e. The lowest BCUT2D eigenvalue weighted by molar-refractivity contribution is 0.307. The molecule has 1 aliphatic heterocycles. The second-order valence-electron chi connectivity index (χ2n) is 4.82. The van der Waals surface area contributed by atoms with Crippen LogP contribution in [0, 0.1) is 5.82 Å². The molecule has 21 heavy (non-hydrogen) atoms. The minimum absolute atomic E-state index is 0.175. The van der Waals surface area contributed by atoms with Gasteiger partial charge in [0.05, 0.1) is 0 Å². The summed E-state index contributed by atoms with van der Waals surface area (Å²) in [6.45, 7) is 3.01. The van der Waals surface area contributed by atoms with Crippen molar-refractivity contribution in [1.29, 1.82) is 0 Å². The van der Waals surface area contributed by atoms with Gasteiger partial charge < -0.3 is 10.6 Å². The third-order valence-electron chi connectivity index (χ3n) is 3.34. The van der Waals surface area contributed by atoms with Crippen LogP contribution in [0.1, 0.15) is 5.56 Å². The Morgan fingerprint density at radius 2 is 2.05 bits per heavy atom. The van der Waals surface area contributed by atoms with Crippen LogP contribution < -0.4 is 10.5 Å². The number of halogens is 1. The maximum Gasteiger partial charge on any atom is 0.243 e. The molecule has 0 aliphatic carbocycles. The summed E-state index contributed by atoms with van der Waals surface area (Å²) in [5.41, 5.74) is 6.05. The molecule has 0 radical (unpaired) electrons. The standard InChI is InChI=1S/C13H20FN3O2S2/c14-12-2-1-11(10-15)9-13(12)21(18,19)16-3-4-17-5-7-20-8-6-17/h1-2,9,16H,3-8,10,15H2. The predicted octanol–water partition coefficient (Wildman–Crippen LogP) is 0.612. The van der Waals surface area contributed by atoms with E-state index in [1.54, 1.807) is 0 Å². The van der Waals surface area contributed by atoms with E-state index in [1.165, 1.54) is 12.1 Å². The van der Waals surface area contributed by atoms with Crippen molar-refractivity contribution in [2.75, 3.05) is 37.7 Å². The van der Waals surface area contributed by atoms with Crippen molar-refractivity contribution >= 4 is 21.8 Å². The van der Waals surface area contributed by atoms with Crippen LogP contribution in [0.15, 0.2) is 23.1 Å². The largest absolute Gasteiger partial charge is 0.326 e.